The molecule has 0 radical (unpaired) electrons. The molecule has 1 aliphatic rings. The molecule has 134 valence electrons. The lowest BCUT2D eigenvalue weighted by molar-refractivity contribution is -0.113. The van der Waals surface area contributed by atoms with Crippen molar-refractivity contribution < 1.29 is 4.79 Å². The van der Waals surface area contributed by atoms with Gasteiger partial charge in [0.1, 0.15) is 0 Å². The number of thioether (sulfide) groups is 1. The summed E-state index contributed by atoms with van der Waals surface area (Å²) in [5, 5.41) is 0. The molecule has 0 bridgehead atoms. The minimum Gasteiger partial charge on any atom is -0.399 e. The number of amides is 1. The van der Waals surface area contributed by atoms with E-state index in [1.165, 1.54) is 30.2 Å². The molecule has 1 amide bonds. The Balaban J connectivity index is 1.86. The molecule has 0 atom stereocenters. The Labute approximate surface area is 164 Å². The first kappa shape index (κ1) is 18.7. The minimum atomic E-state index is -0.0596. The molecule has 2 aromatic rings. The third kappa shape index (κ3) is 3.84. The maximum atomic E-state index is 13.0. The second-order valence-electron chi connectivity index (χ2n) is 6.35. The summed E-state index contributed by atoms with van der Waals surface area (Å²) in [5.41, 5.74) is 10.5. The first-order valence-electron chi connectivity index (χ1n) is 8.73. The Morgan fingerprint density at radius 2 is 1.77 bits per heavy atom. The number of nitrogens with zero attached hydrogens (tertiary/aromatic N) is 1. The summed E-state index contributed by atoms with van der Waals surface area (Å²) < 4.78 is 0.570. The van der Waals surface area contributed by atoms with Gasteiger partial charge in [-0.25, -0.2) is 0 Å². The van der Waals surface area contributed by atoms with Gasteiger partial charge in [-0.05, 0) is 60.7 Å². The number of rotatable bonds is 5. The smallest absolute Gasteiger partial charge is 0.271 e. The summed E-state index contributed by atoms with van der Waals surface area (Å²) >= 11 is 6.84. The number of hydrogen-bond donors (Lipinski definition) is 1. The molecule has 3 nitrogen and oxygen atoms in total. The number of benzene rings is 2. The van der Waals surface area contributed by atoms with Gasteiger partial charge < -0.3 is 5.73 Å². The largest absolute Gasteiger partial charge is 0.399 e. The second kappa shape index (κ2) is 8.06. The van der Waals surface area contributed by atoms with Crippen molar-refractivity contribution in [2.24, 2.45) is 0 Å². The van der Waals surface area contributed by atoms with E-state index in [2.05, 4.69) is 19.1 Å². The summed E-state index contributed by atoms with van der Waals surface area (Å²) in [6.45, 7) is 4.13. The monoisotopic (exact) mass is 382 g/mol. The highest BCUT2D eigenvalue weighted by Gasteiger charge is 2.34. The Morgan fingerprint density at radius 3 is 2.38 bits per heavy atom. The van der Waals surface area contributed by atoms with E-state index in [9.17, 15) is 4.79 Å². The van der Waals surface area contributed by atoms with Gasteiger partial charge in [-0.1, -0.05) is 61.6 Å². The van der Waals surface area contributed by atoms with Crippen LogP contribution in [0.1, 0.15) is 37.8 Å². The van der Waals surface area contributed by atoms with Gasteiger partial charge in [0, 0.05) is 5.69 Å². The zero-order valence-corrected chi connectivity index (χ0v) is 16.6. The molecule has 0 aromatic heterocycles. The lowest BCUT2D eigenvalue weighted by Crippen LogP contribution is -2.27. The maximum absolute atomic E-state index is 13.0. The van der Waals surface area contributed by atoms with Crippen molar-refractivity contribution >= 4 is 51.2 Å². The normalized spacial score (nSPS) is 16.3. The molecular weight excluding hydrogens is 360 g/mol. The van der Waals surface area contributed by atoms with Gasteiger partial charge in [0.2, 0.25) is 0 Å². The van der Waals surface area contributed by atoms with E-state index in [1.54, 1.807) is 4.90 Å². The number of thiocarbonyl (C=S) groups is 1. The van der Waals surface area contributed by atoms with Crippen molar-refractivity contribution in [1.29, 1.82) is 0 Å². The Morgan fingerprint density at radius 1 is 1.12 bits per heavy atom. The zero-order valence-electron chi connectivity index (χ0n) is 15.0. The van der Waals surface area contributed by atoms with Crippen molar-refractivity contribution in [3.63, 3.8) is 0 Å². The summed E-state index contributed by atoms with van der Waals surface area (Å²) in [4.78, 5) is 15.3. The summed E-state index contributed by atoms with van der Waals surface area (Å²) in [7, 11) is 0. The molecule has 5 heteroatoms. The minimum absolute atomic E-state index is 0.0596. The van der Waals surface area contributed by atoms with Crippen molar-refractivity contribution in [3.05, 3.63) is 64.6 Å². The Hall–Kier alpha value is -2.11. The van der Waals surface area contributed by atoms with Crippen LogP contribution in [0.5, 0.6) is 0 Å². The van der Waals surface area contributed by atoms with Gasteiger partial charge in [0.05, 0.1) is 10.6 Å². The number of anilines is 2. The highest BCUT2D eigenvalue weighted by Crippen LogP contribution is 2.39. The van der Waals surface area contributed by atoms with Crippen LogP contribution >= 0.6 is 24.0 Å². The predicted octanol–water partition coefficient (Wildman–Crippen LogP) is 5.41. The van der Waals surface area contributed by atoms with Crippen molar-refractivity contribution in [3.8, 4) is 0 Å². The molecule has 2 N–H and O–H groups in total. The highest BCUT2D eigenvalue weighted by atomic mass is 32.2. The standard InChI is InChI=1S/C21H22N2OS2/c1-3-4-5-15-6-12-18(13-7-15)23-20(24)19(26-21(23)25)14(2)16-8-10-17(22)11-9-16/h6-13H,3-5,22H2,1-2H3/b19-14-. The summed E-state index contributed by atoms with van der Waals surface area (Å²) in [6, 6.07) is 15.7. The van der Waals surface area contributed by atoms with E-state index >= 15 is 0 Å². The first-order valence-corrected chi connectivity index (χ1v) is 9.95. The highest BCUT2D eigenvalue weighted by molar-refractivity contribution is 8.27. The number of aryl methyl sites for hydroxylation is 1. The SMILES string of the molecule is CCCCc1ccc(N2C(=O)/C(=C(\C)c3ccc(N)cc3)SC2=S)cc1. The molecule has 1 aliphatic heterocycles. The van der Waals surface area contributed by atoms with Gasteiger partial charge in [0.15, 0.2) is 4.32 Å². The third-order valence-corrected chi connectivity index (χ3v) is 5.94. The van der Waals surface area contributed by atoms with Gasteiger partial charge in [0.25, 0.3) is 5.91 Å². The van der Waals surface area contributed by atoms with Gasteiger partial charge in [-0.2, -0.15) is 0 Å². The van der Waals surface area contributed by atoms with Crippen LogP contribution in [0.15, 0.2) is 53.4 Å². The fourth-order valence-electron chi connectivity index (χ4n) is 2.88. The lowest BCUT2D eigenvalue weighted by Gasteiger charge is -2.15. The van der Waals surface area contributed by atoms with Crippen LogP contribution < -0.4 is 10.6 Å². The second-order valence-corrected chi connectivity index (χ2v) is 8.00. The van der Waals surface area contributed by atoms with Crippen molar-refractivity contribution in [2.75, 3.05) is 10.6 Å². The van der Waals surface area contributed by atoms with E-state index in [-0.39, 0.29) is 5.91 Å². The van der Waals surface area contributed by atoms with Crippen LogP contribution in [-0.4, -0.2) is 10.2 Å². The molecule has 1 heterocycles. The van der Waals surface area contributed by atoms with Crippen LogP contribution in [0.4, 0.5) is 11.4 Å². The molecule has 1 saturated heterocycles. The van der Waals surface area contributed by atoms with E-state index in [4.69, 9.17) is 18.0 Å². The molecule has 0 spiro atoms. The number of allylic oxidation sites excluding steroid dienone is 1. The van der Waals surface area contributed by atoms with Gasteiger partial charge in [-0.3, -0.25) is 9.69 Å². The molecule has 0 aliphatic carbocycles. The molecule has 2 aromatic carbocycles. The quantitative estimate of drug-likeness (QED) is 0.427. The van der Waals surface area contributed by atoms with E-state index in [1.807, 2.05) is 43.3 Å². The third-order valence-electron chi connectivity index (χ3n) is 4.47. The fraction of sp³-hybridized carbons (Fsp3) is 0.238. The molecule has 0 unspecified atom stereocenters. The van der Waals surface area contributed by atoms with Crippen LogP contribution in [0.3, 0.4) is 0 Å². The summed E-state index contributed by atoms with van der Waals surface area (Å²) in [6.07, 6.45) is 3.40. The molecule has 26 heavy (non-hydrogen) atoms. The van der Waals surface area contributed by atoms with Crippen LogP contribution in [0.25, 0.3) is 5.57 Å². The van der Waals surface area contributed by atoms with Crippen molar-refractivity contribution in [2.45, 2.75) is 33.1 Å². The molecule has 3 rings (SSSR count). The number of nitrogens with two attached hydrogens (primary N) is 1. The molecular formula is C21H22N2OS2. The average Bonchev–Trinajstić information content (AvgIpc) is 2.95. The van der Waals surface area contributed by atoms with Crippen LogP contribution in [0.2, 0.25) is 0 Å². The lowest BCUT2D eigenvalue weighted by atomic mass is 10.1. The number of carbonyl (C=O) groups is 1. The van der Waals surface area contributed by atoms with E-state index in [0.29, 0.717) is 14.9 Å². The predicted molar refractivity (Wildman–Crippen MR) is 116 cm³/mol. The fourth-order valence-corrected chi connectivity index (χ4v) is 4.22. The first-order chi connectivity index (χ1) is 12.5. The van der Waals surface area contributed by atoms with E-state index in [0.717, 1.165) is 23.2 Å². The topological polar surface area (TPSA) is 46.3 Å². The van der Waals surface area contributed by atoms with Crippen molar-refractivity contribution in [1.82, 2.24) is 0 Å². The molecule has 0 saturated carbocycles. The average molecular weight is 383 g/mol. The Kier molecular flexibility index (Phi) is 5.79. The Bertz CT molecular complexity index is 855. The number of hydrogen-bond acceptors (Lipinski definition) is 4. The number of unbranched alkanes of at least 4 members (excludes halogenated alkanes) is 1. The maximum Gasteiger partial charge on any atom is 0.271 e. The van der Waals surface area contributed by atoms with Crippen LogP contribution in [-0.2, 0) is 11.2 Å². The van der Waals surface area contributed by atoms with Gasteiger partial charge >= 0.3 is 0 Å². The van der Waals surface area contributed by atoms with E-state index < -0.39 is 0 Å². The number of nitrogen functional groups attached to an aromatic ring is 1. The zero-order chi connectivity index (χ0) is 18.7. The number of carbonyl (C=O) groups excluding carboxylic acids is 1. The van der Waals surface area contributed by atoms with Crippen LogP contribution in [0, 0.1) is 0 Å². The summed E-state index contributed by atoms with van der Waals surface area (Å²) in [5.74, 6) is -0.0596. The molecule has 1 fully saturated rings. The van der Waals surface area contributed by atoms with Gasteiger partial charge in [-0.15, -0.1) is 0 Å².